The summed E-state index contributed by atoms with van der Waals surface area (Å²) in [6.07, 6.45) is 2.16. The number of benzene rings is 1. The topological polar surface area (TPSA) is 41.3 Å². The monoisotopic (exact) mass is 289 g/mol. The summed E-state index contributed by atoms with van der Waals surface area (Å²) in [7, 11) is 0. The number of β-amino-alcohol motifs (C(OH)–C–C–N with tert-alkyl or cyclic N) is 1. The first-order chi connectivity index (χ1) is 10.2. The molecule has 0 saturated carbocycles. The average molecular weight is 289 g/mol. The van der Waals surface area contributed by atoms with Crippen LogP contribution in [0.25, 0.3) is 0 Å². The maximum atomic E-state index is 13.1. The summed E-state index contributed by atoms with van der Waals surface area (Å²) in [5.74, 6) is -0.229. The molecule has 1 saturated heterocycles. The van der Waals surface area contributed by atoms with Crippen molar-refractivity contribution >= 4 is 0 Å². The van der Waals surface area contributed by atoms with Gasteiger partial charge < -0.3 is 5.11 Å². The second-order valence-electron chi connectivity index (χ2n) is 5.52. The zero-order chi connectivity index (χ0) is 14.8. The molecule has 0 bridgehead atoms. The summed E-state index contributed by atoms with van der Waals surface area (Å²) >= 11 is 0. The highest BCUT2D eigenvalue weighted by Crippen LogP contribution is 2.33. The van der Waals surface area contributed by atoms with Gasteiger partial charge in [-0.1, -0.05) is 12.1 Å². The Labute approximate surface area is 123 Å². The fourth-order valence-electron chi connectivity index (χ4n) is 3.07. The number of aliphatic hydroxyl groups is 1. The van der Waals surface area contributed by atoms with Crippen molar-refractivity contribution in [2.75, 3.05) is 6.54 Å². The standard InChI is InChI=1S/C16H20FN3O/c1-2-20-14(7-8-18-20)10-19-11-15(21)9-16(19)12-3-5-13(17)6-4-12/h3-8,15-16,21H,2,9-11H2,1H3/t15-,16+/m0/s1. The van der Waals surface area contributed by atoms with Gasteiger partial charge in [0.05, 0.1) is 11.8 Å². The van der Waals surface area contributed by atoms with Gasteiger partial charge >= 0.3 is 0 Å². The molecule has 4 nitrogen and oxygen atoms in total. The van der Waals surface area contributed by atoms with E-state index in [2.05, 4.69) is 16.9 Å². The lowest BCUT2D eigenvalue weighted by atomic mass is 10.0. The van der Waals surface area contributed by atoms with E-state index in [0.29, 0.717) is 13.0 Å². The largest absolute Gasteiger partial charge is 0.392 e. The minimum atomic E-state index is -0.335. The molecule has 3 rings (SSSR count). The number of nitrogens with zero attached hydrogens (tertiary/aromatic N) is 3. The number of hydrogen-bond acceptors (Lipinski definition) is 3. The Morgan fingerprint density at radius 3 is 2.76 bits per heavy atom. The third-order valence-electron chi connectivity index (χ3n) is 4.11. The summed E-state index contributed by atoms with van der Waals surface area (Å²) in [6.45, 7) is 4.27. The lowest BCUT2D eigenvalue weighted by Gasteiger charge is -2.24. The van der Waals surface area contributed by atoms with Gasteiger partial charge in [-0.15, -0.1) is 0 Å². The van der Waals surface area contributed by atoms with Gasteiger partial charge in [-0.05, 0) is 37.1 Å². The molecule has 1 aliphatic heterocycles. The van der Waals surface area contributed by atoms with E-state index in [0.717, 1.165) is 24.3 Å². The molecule has 1 fully saturated rings. The highest BCUT2D eigenvalue weighted by atomic mass is 19.1. The highest BCUT2D eigenvalue weighted by molar-refractivity contribution is 5.22. The fraction of sp³-hybridized carbons (Fsp3) is 0.438. The first-order valence-corrected chi connectivity index (χ1v) is 7.35. The van der Waals surface area contributed by atoms with Crippen LogP contribution >= 0.6 is 0 Å². The molecular formula is C16H20FN3O. The predicted octanol–water partition coefficient (Wildman–Crippen LogP) is 2.35. The Balaban J connectivity index is 1.81. The van der Waals surface area contributed by atoms with Gasteiger partial charge in [0, 0.05) is 31.9 Å². The molecule has 1 aliphatic rings. The van der Waals surface area contributed by atoms with Crippen LogP contribution < -0.4 is 0 Å². The second-order valence-corrected chi connectivity index (χ2v) is 5.52. The van der Waals surface area contributed by atoms with Crippen LogP contribution in [0.3, 0.4) is 0 Å². The maximum Gasteiger partial charge on any atom is 0.123 e. The van der Waals surface area contributed by atoms with E-state index in [1.807, 2.05) is 22.9 Å². The smallest absolute Gasteiger partial charge is 0.123 e. The van der Waals surface area contributed by atoms with E-state index < -0.39 is 0 Å². The fourth-order valence-corrected chi connectivity index (χ4v) is 3.07. The van der Waals surface area contributed by atoms with Crippen LogP contribution in [0.15, 0.2) is 36.5 Å². The minimum absolute atomic E-state index is 0.126. The zero-order valence-electron chi connectivity index (χ0n) is 12.1. The lowest BCUT2D eigenvalue weighted by Crippen LogP contribution is -2.25. The first-order valence-electron chi connectivity index (χ1n) is 7.35. The Hall–Kier alpha value is -1.72. The molecule has 0 aliphatic carbocycles. The number of halogens is 1. The number of rotatable bonds is 4. The van der Waals surface area contributed by atoms with Crippen molar-refractivity contribution in [2.45, 2.75) is 38.6 Å². The SMILES string of the molecule is CCn1nccc1CN1C[C@@H](O)C[C@@H]1c1ccc(F)cc1. The summed E-state index contributed by atoms with van der Waals surface area (Å²) < 4.78 is 15.0. The van der Waals surface area contributed by atoms with Gasteiger partial charge in [0.1, 0.15) is 5.82 Å². The van der Waals surface area contributed by atoms with Crippen LogP contribution in [0.4, 0.5) is 4.39 Å². The van der Waals surface area contributed by atoms with Crippen molar-refractivity contribution in [3.63, 3.8) is 0 Å². The van der Waals surface area contributed by atoms with Crippen molar-refractivity contribution in [1.29, 1.82) is 0 Å². The maximum absolute atomic E-state index is 13.1. The van der Waals surface area contributed by atoms with Crippen molar-refractivity contribution in [1.82, 2.24) is 14.7 Å². The van der Waals surface area contributed by atoms with E-state index in [1.165, 1.54) is 12.1 Å². The molecule has 112 valence electrons. The van der Waals surface area contributed by atoms with Crippen molar-refractivity contribution in [3.05, 3.63) is 53.6 Å². The normalized spacial score (nSPS) is 22.8. The van der Waals surface area contributed by atoms with E-state index in [-0.39, 0.29) is 18.0 Å². The van der Waals surface area contributed by atoms with Gasteiger partial charge in [-0.2, -0.15) is 5.10 Å². The van der Waals surface area contributed by atoms with Crippen LogP contribution in [-0.4, -0.2) is 32.4 Å². The third-order valence-corrected chi connectivity index (χ3v) is 4.11. The first kappa shape index (κ1) is 14.2. The molecule has 1 aromatic heterocycles. The van der Waals surface area contributed by atoms with Crippen molar-refractivity contribution in [3.8, 4) is 0 Å². The number of hydrogen-bond donors (Lipinski definition) is 1. The van der Waals surface area contributed by atoms with E-state index in [1.54, 1.807) is 6.20 Å². The Morgan fingerprint density at radius 2 is 2.05 bits per heavy atom. The molecule has 2 aromatic rings. The number of aromatic nitrogens is 2. The van der Waals surface area contributed by atoms with Gasteiger partial charge in [-0.25, -0.2) is 4.39 Å². The van der Waals surface area contributed by atoms with Crippen LogP contribution in [0, 0.1) is 5.82 Å². The van der Waals surface area contributed by atoms with Crippen molar-refractivity contribution < 1.29 is 9.50 Å². The molecule has 1 aromatic carbocycles. The second kappa shape index (κ2) is 5.95. The number of likely N-dealkylation sites (tertiary alicyclic amines) is 1. The Kier molecular flexibility index (Phi) is 4.03. The van der Waals surface area contributed by atoms with Gasteiger partial charge in [0.25, 0.3) is 0 Å². The van der Waals surface area contributed by atoms with Gasteiger partial charge in [0.15, 0.2) is 0 Å². The minimum Gasteiger partial charge on any atom is -0.392 e. The lowest BCUT2D eigenvalue weighted by molar-refractivity contribution is 0.171. The highest BCUT2D eigenvalue weighted by Gasteiger charge is 2.32. The predicted molar refractivity (Wildman–Crippen MR) is 78.1 cm³/mol. The quantitative estimate of drug-likeness (QED) is 0.939. The summed E-state index contributed by atoms with van der Waals surface area (Å²) in [5, 5.41) is 14.3. The van der Waals surface area contributed by atoms with Crippen molar-refractivity contribution in [2.24, 2.45) is 0 Å². The van der Waals surface area contributed by atoms with Crippen LogP contribution in [-0.2, 0) is 13.1 Å². The molecule has 2 heterocycles. The summed E-state index contributed by atoms with van der Waals surface area (Å²) in [4.78, 5) is 2.24. The third kappa shape index (κ3) is 2.99. The average Bonchev–Trinajstić information content (AvgIpc) is 3.06. The zero-order valence-corrected chi connectivity index (χ0v) is 12.1. The molecular weight excluding hydrogens is 269 g/mol. The summed E-state index contributed by atoms with van der Waals surface area (Å²) in [5.41, 5.74) is 2.19. The summed E-state index contributed by atoms with van der Waals surface area (Å²) in [6, 6.07) is 8.71. The molecule has 0 unspecified atom stereocenters. The Bertz CT molecular complexity index is 596. The molecule has 0 spiro atoms. The van der Waals surface area contributed by atoms with Crippen LogP contribution in [0.5, 0.6) is 0 Å². The number of aryl methyl sites for hydroxylation is 1. The van der Waals surface area contributed by atoms with Gasteiger partial charge in [0.2, 0.25) is 0 Å². The molecule has 1 N–H and O–H groups in total. The molecule has 0 amide bonds. The molecule has 2 atom stereocenters. The molecule has 5 heteroatoms. The Morgan fingerprint density at radius 1 is 1.29 bits per heavy atom. The number of aliphatic hydroxyl groups excluding tert-OH is 1. The van der Waals surface area contributed by atoms with E-state index in [9.17, 15) is 9.50 Å². The molecule has 0 radical (unpaired) electrons. The van der Waals surface area contributed by atoms with Gasteiger partial charge in [-0.3, -0.25) is 9.58 Å². The molecule has 21 heavy (non-hydrogen) atoms. The van der Waals surface area contributed by atoms with E-state index in [4.69, 9.17) is 0 Å². The van der Waals surface area contributed by atoms with Crippen LogP contribution in [0.2, 0.25) is 0 Å². The van der Waals surface area contributed by atoms with Crippen LogP contribution in [0.1, 0.15) is 30.6 Å². The van der Waals surface area contributed by atoms with E-state index >= 15 is 0 Å².